The Morgan fingerprint density at radius 1 is 0.947 bits per heavy atom. The van der Waals surface area contributed by atoms with Gasteiger partial charge in [0, 0.05) is 22.3 Å². The highest BCUT2D eigenvalue weighted by atomic mass is 19.4. The van der Waals surface area contributed by atoms with Crippen LogP contribution in [0.4, 0.5) is 32.0 Å². The predicted octanol–water partition coefficient (Wildman–Crippen LogP) is 6.23. The molecule has 3 N–H and O–H groups in total. The first-order valence-corrected chi connectivity index (χ1v) is 11.2. The third kappa shape index (κ3) is 8.63. The van der Waals surface area contributed by atoms with E-state index < -0.39 is 35.4 Å². The fourth-order valence-electron chi connectivity index (χ4n) is 2.95. The summed E-state index contributed by atoms with van der Waals surface area (Å²) in [6.45, 7) is 8.14. The minimum absolute atomic E-state index is 0.0722. The van der Waals surface area contributed by atoms with E-state index in [0.717, 1.165) is 12.1 Å². The number of aromatic nitrogens is 1. The Hall–Kier alpha value is -3.83. The number of rotatable bonds is 3. The van der Waals surface area contributed by atoms with Gasteiger partial charge >= 0.3 is 18.3 Å². The molecule has 0 fully saturated rings. The number of ether oxygens (including phenoxy) is 1. The number of nitrogens with two attached hydrogens (primary N) is 1. The van der Waals surface area contributed by atoms with Crippen molar-refractivity contribution < 1.29 is 40.7 Å². The zero-order chi connectivity index (χ0) is 29.4. The molecule has 1 heterocycles. The Kier molecular flexibility index (Phi) is 11.1. The number of alkyl halides is 6. The van der Waals surface area contributed by atoms with Gasteiger partial charge in [0.25, 0.3) is 0 Å². The minimum atomic E-state index is -4.47. The SMILES string of the molecule is CCOC(=O)C(C)C(C)=O.Cc1[nH]c2c(C(F)(F)F)cccc2c(=O)c1C.Nc1ccccc1C(F)(F)F. The molecule has 0 saturated heterocycles. The second-order valence-electron chi connectivity index (χ2n) is 8.10. The molecule has 1 unspecified atom stereocenters. The van der Waals surface area contributed by atoms with Gasteiger partial charge in [0.05, 0.1) is 23.3 Å². The van der Waals surface area contributed by atoms with Crippen LogP contribution in [0.3, 0.4) is 0 Å². The number of nitrogens with one attached hydrogen (secondary N) is 1. The summed E-state index contributed by atoms with van der Waals surface area (Å²) in [5, 5.41) is 0.0722. The molecule has 38 heavy (non-hydrogen) atoms. The molecule has 12 heteroatoms. The number of halogens is 6. The lowest BCUT2D eigenvalue weighted by Gasteiger charge is -2.11. The number of Topliss-reactive ketones (excluding diaryl/α,β-unsaturated/α-hetero) is 1. The highest BCUT2D eigenvalue weighted by Gasteiger charge is 2.33. The molecular formula is C26H28F6N2O4. The van der Waals surface area contributed by atoms with Gasteiger partial charge in [-0.25, -0.2) is 0 Å². The van der Waals surface area contributed by atoms with E-state index >= 15 is 0 Å². The normalized spacial score (nSPS) is 12.0. The van der Waals surface area contributed by atoms with Crippen molar-refractivity contribution >= 4 is 28.3 Å². The van der Waals surface area contributed by atoms with Crippen LogP contribution < -0.4 is 11.2 Å². The van der Waals surface area contributed by atoms with Gasteiger partial charge in [-0.15, -0.1) is 0 Å². The number of hydrogen-bond acceptors (Lipinski definition) is 5. The second kappa shape index (κ2) is 13.1. The maximum Gasteiger partial charge on any atom is 0.418 e. The average Bonchev–Trinajstić information content (AvgIpc) is 2.81. The number of carbonyl (C=O) groups excluding carboxylic acids is 2. The molecule has 3 rings (SSSR count). The van der Waals surface area contributed by atoms with Crippen LogP contribution >= 0.6 is 0 Å². The summed E-state index contributed by atoms with van der Waals surface area (Å²) >= 11 is 0. The highest BCUT2D eigenvalue weighted by molar-refractivity contribution is 5.97. The zero-order valence-corrected chi connectivity index (χ0v) is 21.3. The van der Waals surface area contributed by atoms with E-state index in [1.54, 1.807) is 27.7 Å². The summed E-state index contributed by atoms with van der Waals surface area (Å²) in [5.41, 5.74) is 3.66. The van der Waals surface area contributed by atoms with E-state index in [1.165, 1.54) is 37.3 Å². The molecule has 1 atom stereocenters. The van der Waals surface area contributed by atoms with Crippen molar-refractivity contribution in [2.45, 2.75) is 47.0 Å². The van der Waals surface area contributed by atoms with E-state index in [-0.39, 0.29) is 27.8 Å². The van der Waals surface area contributed by atoms with Crippen molar-refractivity contribution in [1.29, 1.82) is 0 Å². The molecular weight excluding hydrogens is 518 g/mol. The van der Waals surface area contributed by atoms with Crippen LogP contribution in [0, 0.1) is 19.8 Å². The number of ketones is 1. The van der Waals surface area contributed by atoms with Crippen molar-refractivity contribution in [3.05, 3.63) is 75.1 Å². The fourth-order valence-corrected chi connectivity index (χ4v) is 2.95. The van der Waals surface area contributed by atoms with E-state index in [1.807, 2.05) is 0 Å². The molecule has 6 nitrogen and oxygen atoms in total. The van der Waals surface area contributed by atoms with Crippen molar-refractivity contribution in [3.8, 4) is 0 Å². The van der Waals surface area contributed by atoms with E-state index in [4.69, 9.17) is 5.73 Å². The summed E-state index contributed by atoms with van der Waals surface area (Å²) in [4.78, 5) is 35.8. The lowest BCUT2D eigenvalue weighted by Crippen LogP contribution is -2.20. The summed E-state index contributed by atoms with van der Waals surface area (Å²) < 4.78 is 78.8. The smallest absolute Gasteiger partial charge is 0.418 e. The van der Waals surface area contributed by atoms with Gasteiger partial charge in [0.1, 0.15) is 11.7 Å². The molecule has 2 aromatic carbocycles. The number of aromatic amines is 1. The van der Waals surface area contributed by atoms with E-state index in [9.17, 15) is 40.7 Å². The number of aryl methyl sites for hydroxylation is 1. The number of fused-ring (bicyclic) bond motifs is 1. The van der Waals surface area contributed by atoms with Crippen LogP contribution in [0.2, 0.25) is 0 Å². The van der Waals surface area contributed by atoms with E-state index in [0.29, 0.717) is 17.9 Å². The van der Waals surface area contributed by atoms with Gasteiger partial charge in [0.15, 0.2) is 5.43 Å². The Bertz CT molecular complexity index is 1330. The summed E-state index contributed by atoms with van der Waals surface area (Å²) in [7, 11) is 0. The van der Waals surface area contributed by atoms with Crippen molar-refractivity contribution in [1.82, 2.24) is 4.98 Å². The number of anilines is 1. The Balaban J connectivity index is 0.000000301. The number of benzene rings is 2. The van der Waals surface area contributed by atoms with Crippen LogP contribution in [-0.4, -0.2) is 23.3 Å². The van der Waals surface area contributed by atoms with Gasteiger partial charge in [-0.05, 0) is 58.9 Å². The number of H-pyrrole nitrogens is 1. The molecule has 0 spiro atoms. The molecule has 0 amide bonds. The minimum Gasteiger partial charge on any atom is -0.465 e. The maximum atomic E-state index is 12.8. The van der Waals surface area contributed by atoms with Crippen LogP contribution in [0.1, 0.15) is 43.2 Å². The number of para-hydroxylation sites is 2. The predicted molar refractivity (Wildman–Crippen MR) is 131 cm³/mol. The van der Waals surface area contributed by atoms with Crippen molar-refractivity contribution in [2.75, 3.05) is 12.3 Å². The van der Waals surface area contributed by atoms with Crippen LogP contribution in [0.5, 0.6) is 0 Å². The van der Waals surface area contributed by atoms with Crippen molar-refractivity contribution in [3.63, 3.8) is 0 Å². The molecule has 0 aliphatic rings. The Morgan fingerprint density at radius 3 is 1.92 bits per heavy atom. The maximum absolute atomic E-state index is 12.8. The first kappa shape index (κ1) is 32.2. The standard InChI is InChI=1S/C12H10F3NO.C7H6F3N.C7H12O3/c1-6-7(2)16-10-8(11(6)17)4-3-5-9(10)12(13,14)15;8-7(9,10)5-3-1-2-4-6(5)11;1-4-10-7(9)5(2)6(3)8/h3-5H,1-2H3,(H,16,17);1-4H,11H2;5H,4H2,1-3H3. The van der Waals surface area contributed by atoms with Gasteiger partial charge in [-0.1, -0.05) is 18.2 Å². The Morgan fingerprint density at radius 2 is 1.47 bits per heavy atom. The van der Waals surface area contributed by atoms with Crippen LogP contribution in [0.25, 0.3) is 10.9 Å². The van der Waals surface area contributed by atoms with Crippen LogP contribution in [-0.2, 0) is 26.7 Å². The van der Waals surface area contributed by atoms with Gasteiger partial charge in [-0.2, -0.15) is 26.3 Å². The molecule has 0 saturated carbocycles. The van der Waals surface area contributed by atoms with Gasteiger partial charge in [0.2, 0.25) is 0 Å². The van der Waals surface area contributed by atoms with Crippen molar-refractivity contribution in [2.24, 2.45) is 5.92 Å². The number of nitrogen functional groups attached to an aromatic ring is 1. The topological polar surface area (TPSA) is 102 Å². The highest BCUT2D eigenvalue weighted by Crippen LogP contribution is 2.34. The molecule has 1 aromatic heterocycles. The average molecular weight is 547 g/mol. The molecule has 0 bridgehead atoms. The number of esters is 1. The third-order valence-electron chi connectivity index (χ3n) is 5.35. The summed E-state index contributed by atoms with van der Waals surface area (Å²) in [6, 6.07) is 8.56. The molecule has 0 aliphatic heterocycles. The molecule has 3 aromatic rings. The lowest BCUT2D eigenvalue weighted by atomic mass is 10.1. The number of hydrogen-bond donors (Lipinski definition) is 2. The summed E-state index contributed by atoms with van der Waals surface area (Å²) in [6.07, 6.45) is -8.81. The quantitative estimate of drug-likeness (QED) is 0.176. The third-order valence-corrected chi connectivity index (χ3v) is 5.35. The largest absolute Gasteiger partial charge is 0.465 e. The zero-order valence-electron chi connectivity index (χ0n) is 21.3. The summed E-state index contributed by atoms with van der Waals surface area (Å²) in [5.74, 6) is -1.20. The van der Waals surface area contributed by atoms with E-state index in [2.05, 4.69) is 9.72 Å². The second-order valence-corrected chi connectivity index (χ2v) is 8.10. The lowest BCUT2D eigenvalue weighted by molar-refractivity contribution is -0.150. The number of carbonyl (C=O) groups is 2. The fraction of sp³-hybridized carbons (Fsp3) is 0.346. The van der Waals surface area contributed by atoms with Gasteiger partial charge in [-0.3, -0.25) is 14.4 Å². The molecule has 0 radical (unpaired) electrons. The monoisotopic (exact) mass is 546 g/mol. The van der Waals surface area contributed by atoms with Crippen LogP contribution in [0.15, 0.2) is 47.3 Å². The molecule has 0 aliphatic carbocycles. The van der Waals surface area contributed by atoms with Gasteiger partial charge < -0.3 is 15.5 Å². The first-order chi connectivity index (χ1) is 17.4. The molecule has 208 valence electrons. The first-order valence-electron chi connectivity index (χ1n) is 11.2. The number of pyridine rings is 1. The Labute approximate surface area is 214 Å².